The summed E-state index contributed by atoms with van der Waals surface area (Å²) in [5.41, 5.74) is 1.09. The lowest BCUT2D eigenvalue weighted by atomic mass is 9.93. The zero-order chi connectivity index (χ0) is 39.6. The first kappa shape index (κ1) is 42.8. The van der Waals surface area contributed by atoms with E-state index in [2.05, 4.69) is 21.3 Å². The number of ketones is 1. The van der Waals surface area contributed by atoms with Gasteiger partial charge in [-0.2, -0.15) is 0 Å². The fourth-order valence-electron chi connectivity index (χ4n) is 6.71. The number of carbonyl (C=O) groups is 5. The molecule has 2 aliphatic heterocycles. The van der Waals surface area contributed by atoms with E-state index in [1.807, 2.05) is 106 Å². The molecule has 1 unspecified atom stereocenters. The molecule has 296 valence electrons. The van der Waals surface area contributed by atoms with Crippen LogP contribution in [-0.2, 0) is 41.6 Å². The summed E-state index contributed by atoms with van der Waals surface area (Å²) in [5.74, 6) is -1.91. The van der Waals surface area contributed by atoms with Crippen molar-refractivity contribution in [2.24, 2.45) is 11.8 Å². The SMILES string of the molecule is CC(C)CC(NC(=O)[C@H](Cc1ccccc1)NC(=O)[C@H](CC(C)C)NC(=O)[C@H](CCc1ccccc1)NC(=O)CN1CC([Si](C)(C)O)C1)C(=O)[C@@]1(C)CO1. The van der Waals surface area contributed by atoms with Crippen LogP contribution in [-0.4, -0.2) is 103 Å². The lowest BCUT2D eigenvalue weighted by molar-refractivity contribution is -0.135. The van der Waals surface area contributed by atoms with Crippen molar-refractivity contribution in [3.63, 3.8) is 0 Å². The van der Waals surface area contributed by atoms with Crippen LogP contribution in [0.5, 0.6) is 0 Å². The summed E-state index contributed by atoms with van der Waals surface area (Å²) in [5, 5.41) is 11.6. The van der Waals surface area contributed by atoms with Crippen LogP contribution in [0.1, 0.15) is 65.0 Å². The second kappa shape index (κ2) is 19.1. The van der Waals surface area contributed by atoms with Crippen LogP contribution in [0.2, 0.25) is 18.6 Å². The third-order valence-electron chi connectivity index (χ3n) is 10.2. The minimum atomic E-state index is -2.30. The smallest absolute Gasteiger partial charge is 0.243 e. The maximum absolute atomic E-state index is 14.1. The second-order valence-corrected chi connectivity index (χ2v) is 20.8. The predicted molar refractivity (Wildman–Crippen MR) is 211 cm³/mol. The van der Waals surface area contributed by atoms with Crippen molar-refractivity contribution in [3.05, 3.63) is 71.8 Å². The highest BCUT2D eigenvalue weighted by Gasteiger charge is 2.50. The molecule has 2 aliphatic rings. The topological polar surface area (TPSA) is 169 Å². The van der Waals surface area contributed by atoms with Gasteiger partial charge in [-0.15, -0.1) is 0 Å². The van der Waals surface area contributed by atoms with Crippen molar-refractivity contribution < 1.29 is 33.5 Å². The third-order valence-corrected chi connectivity index (χ3v) is 12.6. The summed E-state index contributed by atoms with van der Waals surface area (Å²) in [6.45, 7) is 15.0. The number of Topliss-reactive ketones (excluding diaryl/α,β-unsaturated/α-hetero) is 1. The maximum atomic E-state index is 14.1. The highest BCUT2D eigenvalue weighted by molar-refractivity contribution is 6.71. The quantitative estimate of drug-likeness (QED) is 0.0955. The molecule has 4 rings (SSSR count). The average Bonchev–Trinajstić information content (AvgIpc) is 3.84. The Morgan fingerprint density at radius 3 is 1.78 bits per heavy atom. The Hall–Kier alpha value is -3.91. The molecule has 0 radical (unpaired) electrons. The highest BCUT2D eigenvalue weighted by atomic mass is 28.4. The van der Waals surface area contributed by atoms with E-state index in [0.717, 1.165) is 11.1 Å². The summed E-state index contributed by atoms with van der Waals surface area (Å²) in [6, 6.07) is 15.2. The third kappa shape index (κ3) is 13.1. The van der Waals surface area contributed by atoms with Gasteiger partial charge < -0.3 is 30.8 Å². The number of amides is 4. The summed E-state index contributed by atoms with van der Waals surface area (Å²) in [6.07, 6.45) is 1.70. The van der Waals surface area contributed by atoms with E-state index in [1.165, 1.54) is 0 Å². The van der Waals surface area contributed by atoms with Gasteiger partial charge >= 0.3 is 0 Å². The van der Waals surface area contributed by atoms with E-state index in [0.29, 0.717) is 39.0 Å². The Morgan fingerprint density at radius 1 is 0.759 bits per heavy atom. The molecule has 2 aromatic carbocycles. The summed E-state index contributed by atoms with van der Waals surface area (Å²) in [4.78, 5) is 81.1. The molecule has 2 heterocycles. The molecule has 2 aromatic rings. The molecule has 2 fully saturated rings. The number of hydrogen-bond donors (Lipinski definition) is 5. The fraction of sp³-hybridized carbons (Fsp3) is 0.585. The van der Waals surface area contributed by atoms with E-state index < -0.39 is 55.8 Å². The number of epoxide rings is 1. The van der Waals surface area contributed by atoms with Crippen LogP contribution in [0.15, 0.2) is 60.7 Å². The molecule has 2 saturated heterocycles. The average molecular weight is 764 g/mol. The Kier molecular flexibility index (Phi) is 15.1. The Bertz CT molecular complexity index is 1570. The van der Waals surface area contributed by atoms with Crippen molar-refractivity contribution in [3.8, 4) is 0 Å². The Morgan fingerprint density at radius 2 is 1.24 bits per heavy atom. The zero-order valence-electron chi connectivity index (χ0n) is 33.0. The first-order chi connectivity index (χ1) is 25.4. The molecule has 5 atom stereocenters. The number of likely N-dealkylation sites (tertiary alicyclic amines) is 1. The van der Waals surface area contributed by atoms with Gasteiger partial charge in [0.2, 0.25) is 23.6 Å². The van der Waals surface area contributed by atoms with Crippen LogP contribution in [0, 0.1) is 11.8 Å². The number of nitrogens with one attached hydrogen (secondary N) is 4. The number of benzene rings is 2. The second-order valence-electron chi connectivity index (χ2n) is 16.7. The van der Waals surface area contributed by atoms with Gasteiger partial charge in [0.05, 0.1) is 19.2 Å². The van der Waals surface area contributed by atoms with Gasteiger partial charge in [-0.25, -0.2) is 0 Å². The lowest BCUT2D eigenvalue weighted by Crippen LogP contribution is -2.60. The zero-order valence-corrected chi connectivity index (χ0v) is 34.0. The molecule has 4 amide bonds. The monoisotopic (exact) mass is 763 g/mol. The van der Waals surface area contributed by atoms with Gasteiger partial charge in [-0.1, -0.05) is 88.4 Å². The number of ether oxygens (including phenoxy) is 1. The Balaban J connectivity index is 1.50. The van der Waals surface area contributed by atoms with Crippen molar-refractivity contribution in [1.82, 2.24) is 26.2 Å². The number of rotatable bonds is 21. The van der Waals surface area contributed by atoms with Crippen molar-refractivity contribution >= 4 is 37.7 Å². The van der Waals surface area contributed by atoms with Crippen molar-refractivity contribution in [1.29, 1.82) is 0 Å². The van der Waals surface area contributed by atoms with E-state index in [4.69, 9.17) is 4.74 Å². The molecule has 0 saturated carbocycles. The minimum Gasteiger partial charge on any atom is -0.432 e. The van der Waals surface area contributed by atoms with Gasteiger partial charge in [-0.05, 0) is 68.7 Å². The molecule has 5 N–H and O–H groups in total. The molecular weight excluding hydrogens is 703 g/mol. The highest BCUT2D eigenvalue weighted by Crippen LogP contribution is 2.30. The lowest BCUT2D eigenvalue weighted by Gasteiger charge is -2.43. The molecule has 12 nitrogen and oxygen atoms in total. The molecule has 0 aromatic heterocycles. The van der Waals surface area contributed by atoms with Crippen molar-refractivity contribution in [2.75, 3.05) is 26.2 Å². The molecular formula is C41H61N5O7Si. The summed E-state index contributed by atoms with van der Waals surface area (Å²) < 4.78 is 5.41. The number of hydrogen-bond acceptors (Lipinski definition) is 8. The van der Waals surface area contributed by atoms with Gasteiger partial charge in [-0.3, -0.25) is 28.9 Å². The Labute approximate surface area is 321 Å². The first-order valence-electron chi connectivity index (χ1n) is 19.3. The van der Waals surface area contributed by atoms with E-state index in [1.54, 1.807) is 6.92 Å². The normalized spacial score (nSPS) is 19.6. The van der Waals surface area contributed by atoms with Gasteiger partial charge in [0, 0.05) is 25.1 Å². The van der Waals surface area contributed by atoms with Crippen LogP contribution in [0.4, 0.5) is 0 Å². The van der Waals surface area contributed by atoms with Gasteiger partial charge in [0.15, 0.2) is 14.1 Å². The molecule has 0 spiro atoms. The molecule has 13 heteroatoms. The fourth-order valence-corrected chi connectivity index (χ4v) is 8.12. The standard InChI is InChI=1S/C41H61N5O7Si/c1-27(2)20-33(37(48)41(5)26-53-41)43-40(51)35(22-30-16-12-9-13-17-30)45-39(50)34(21-28(3)4)44-38(49)32(19-18-29-14-10-8-11-15-29)42-36(47)25-46-23-31(24-46)54(6,7)52/h8-17,27-28,31-35,52H,18-26H2,1-7H3,(H,42,47)(H,43,51)(H,44,49)(H,45,50)/t32-,33?,34-,35-,41+/m0/s1. The van der Waals surface area contributed by atoms with E-state index in [9.17, 15) is 28.8 Å². The van der Waals surface area contributed by atoms with Crippen LogP contribution in [0.25, 0.3) is 0 Å². The molecule has 0 aliphatic carbocycles. The predicted octanol–water partition coefficient (Wildman–Crippen LogP) is 3.13. The van der Waals surface area contributed by atoms with Crippen LogP contribution < -0.4 is 21.3 Å². The summed E-state index contributed by atoms with van der Waals surface area (Å²) >= 11 is 0. The number of aryl methyl sites for hydroxylation is 1. The van der Waals surface area contributed by atoms with E-state index >= 15 is 0 Å². The largest absolute Gasteiger partial charge is 0.432 e. The molecule has 54 heavy (non-hydrogen) atoms. The van der Waals surface area contributed by atoms with E-state index in [-0.39, 0.29) is 48.5 Å². The number of carbonyl (C=O) groups excluding carboxylic acids is 5. The van der Waals surface area contributed by atoms with Gasteiger partial charge in [0.25, 0.3) is 0 Å². The van der Waals surface area contributed by atoms with Crippen LogP contribution in [0.3, 0.4) is 0 Å². The number of nitrogens with zero attached hydrogens (tertiary/aromatic N) is 1. The first-order valence-corrected chi connectivity index (χ1v) is 22.4. The van der Waals surface area contributed by atoms with Gasteiger partial charge in [0.1, 0.15) is 23.7 Å². The van der Waals surface area contributed by atoms with Crippen LogP contribution >= 0.6 is 0 Å². The maximum Gasteiger partial charge on any atom is 0.243 e. The molecule has 0 bridgehead atoms. The minimum absolute atomic E-state index is 0.00540. The van der Waals surface area contributed by atoms with Crippen molar-refractivity contribution in [2.45, 2.75) is 115 Å². The summed E-state index contributed by atoms with van der Waals surface area (Å²) in [7, 11) is -2.30.